The van der Waals surface area contributed by atoms with Crippen molar-refractivity contribution in [2.45, 2.75) is 11.3 Å². The van der Waals surface area contributed by atoms with Crippen molar-refractivity contribution in [1.29, 1.82) is 0 Å². The van der Waals surface area contributed by atoms with Crippen molar-refractivity contribution in [1.82, 2.24) is 9.21 Å². The number of carbonyl (C=O) groups is 1. The summed E-state index contributed by atoms with van der Waals surface area (Å²) in [6.45, 7) is 2.80. The van der Waals surface area contributed by atoms with Crippen LogP contribution in [0.25, 0.3) is 0 Å². The van der Waals surface area contributed by atoms with E-state index in [1.165, 1.54) is 22.5 Å². The molecule has 0 unspecified atom stereocenters. The van der Waals surface area contributed by atoms with Crippen LogP contribution in [-0.4, -0.2) is 63.3 Å². The minimum atomic E-state index is -3.66. The lowest BCUT2D eigenvalue weighted by atomic mass is 10.1. The fraction of sp³-hybridized carbons (Fsp3) is 0.350. The Morgan fingerprint density at radius 2 is 1.71 bits per heavy atom. The Labute approximate surface area is 170 Å². The molecule has 0 N–H and O–H groups in total. The van der Waals surface area contributed by atoms with Gasteiger partial charge in [0.05, 0.1) is 15.5 Å². The minimum absolute atomic E-state index is 0.109. The minimum Gasteiger partial charge on any atom is -0.308 e. The number of benzene rings is 2. The number of likely N-dealkylation sites (N-methyl/N-ethyl adjacent to an activating group) is 1. The van der Waals surface area contributed by atoms with E-state index >= 15 is 0 Å². The number of fused-ring (bicyclic) bond motifs is 1. The summed E-state index contributed by atoms with van der Waals surface area (Å²) in [7, 11) is -1.70. The van der Waals surface area contributed by atoms with E-state index in [0.29, 0.717) is 32.7 Å². The highest BCUT2D eigenvalue weighted by atomic mass is 35.5. The summed E-state index contributed by atoms with van der Waals surface area (Å²) in [5.41, 5.74) is 2.18. The Balaban J connectivity index is 1.65. The topological polar surface area (TPSA) is 60.9 Å². The molecule has 148 valence electrons. The van der Waals surface area contributed by atoms with Crippen molar-refractivity contribution in [3.8, 4) is 0 Å². The van der Waals surface area contributed by atoms with Crippen LogP contribution in [0.2, 0.25) is 5.02 Å². The molecule has 2 aromatic carbocycles. The van der Waals surface area contributed by atoms with E-state index in [-0.39, 0.29) is 21.4 Å². The Morgan fingerprint density at radius 1 is 1.00 bits per heavy atom. The zero-order chi connectivity index (χ0) is 19.9. The van der Waals surface area contributed by atoms with Gasteiger partial charge in [-0.3, -0.25) is 4.79 Å². The SMILES string of the molecule is CN1CCN(S(=O)(=O)c2ccc(Cl)c(C(=O)N3CCc4ccccc43)c2)CC1. The number of para-hydroxylation sites is 1. The van der Waals surface area contributed by atoms with Gasteiger partial charge >= 0.3 is 0 Å². The molecule has 2 aliphatic rings. The van der Waals surface area contributed by atoms with Gasteiger partial charge in [0.15, 0.2) is 0 Å². The molecule has 2 aromatic rings. The summed E-state index contributed by atoms with van der Waals surface area (Å²) < 4.78 is 27.5. The van der Waals surface area contributed by atoms with E-state index < -0.39 is 10.0 Å². The molecule has 0 spiro atoms. The van der Waals surface area contributed by atoms with Crippen molar-refractivity contribution in [2.24, 2.45) is 0 Å². The molecule has 6 nitrogen and oxygen atoms in total. The maximum atomic E-state index is 13.2. The molecule has 4 rings (SSSR count). The average molecular weight is 420 g/mol. The van der Waals surface area contributed by atoms with E-state index in [4.69, 9.17) is 11.6 Å². The molecule has 2 heterocycles. The smallest absolute Gasteiger partial charge is 0.259 e. The first-order valence-corrected chi connectivity index (χ1v) is 11.1. The Hall–Kier alpha value is -1.93. The highest BCUT2D eigenvalue weighted by Gasteiger charge is 2.31. The quantitative estimate of drug-likeness (QED) is 0.766. The van der Waals surface area contributed by atoms with Crippen LogP contribution in [0.15, 0.2) is 47.4 Å². The largest absolute Gasteiger partial charge is 0.308 e. The second-order valence-electron chi connectivity index (χ2n) is 7.18. The molecule has 0 aromatic heterocycles. The molecule has 0 saturated carbocycles. The molecule has 2 aliphatic heterocycles. The van der Waals surface area contributed by atoms with Gasteiger partial charge < -0.3 is 9.80 Å². The van der Waals surface area contributed by atoms with Crippen LogP contribution in [0, 0.1) is 0 Å². The van der Waals surface area contributed by atoms with Crippen molar-refractivity contribution in [3.05, 3.63) is 58.6 Å². The number of piperazine rings is 1. The maximum absolute atomic E-state index is 13.2. The first-order valence-electron chi connectivity index (χ1n) is 9.26. The standard InChI is InChI=1S/C20H22ClN3O3S/c1-22-10-12-23(13-11-22)28(26,27)16-6-7-18(21)17(14-16)20(25)24-9-8-15-4-2-3-5-19(15)24/h2-7,14H,8-13H2,1H3. The van der Waals surface area contributed by atoms with Crippen molar-refractivity contribution >= 4 is 33.2 Å². The number of amides is 1. The Kier molecular flexibility index (Phi) is 5.18. The molecule has 28 heavy (non-hydrogen) atoms. The molecule has 1 saturated heterocycles. The molecular weight excluding hydrogens is 398 g/mol. The van der Waals surface area contributed by atoms with Crippen LogP contribution < -0.4 is 4.90 Å². The number of nitrogens with zero attached hydrogens (tertiary/aromatic N) is 3. The van der Waals surface area contributed by atoms with Gasteiger partial charge in [0.25, 0.3) is 5.91 Å². The number of sulfonamides is 1. The monoisotopic (exact) mass is 419 g/mol. The summed E-state index contributed by atoms with van der Waals surface area (Å²) in [5.74, 6) is -0.273. The predicted octanol–water partition coefficient (Wildman–Crippen LogP) is 2.48. The number of carbonyl (C=O) groups excluding carboxylic acids is 1. The van der Waals surface area contributed by atoms with Gasteiger partial charge in [-0.25, -0.2) is 8.42 Å². The zero-order valence-corrected chi connectivity index (χ0v) is 17.2. The first kappa shape index (κ1) is 19.4. The van der Waals surface area contributed by atoms with E-state index in [2.05, 4.69) is 4.90 Å². The van der Waals surface area contributed by atoms with Gasteiger partial charge in [-0.05, 0) is 43.3 Å². The van der Waals surface area contributed by atoms with Crippen molar-refractivity contribution in [3.63, 3.8) is 0 Å². The molecular formula is C20H22ClN3O3S. The molecule has 0 atom stereocenters. The van der Waals surface area contributed by atoms with Crippen LogP contribution in [0.5, 0.6) is 0 Å². The van der Waals surface area contributed by atoms with Gasteiger partial charge in [0.2, 0.25) is 10.0 Å². The number of rotatable bonds is 3. The fourth-order valence-corrected chi connectivity index (χ4v) is 5.35. The summed E-state index contributed by atoms with van der Waals surface area (Å²) in [6, 6.07) is 12.1. The number of hydrogen-bond donors (Lipinski definition) is 0. The highest BCUT2D eigenvalue weighted by Crippen LogP contribution is 2.31. The second kappa shape index (κ2) is 7.48. The molecule has 0 aliphatic carbocycles. The lowest BCUT2D eigenvalue weighted by Gasteiger charge is -2.31. The normalized spacial score (nSPS) is 18.3. The van der Waals surface area contributed by atoms with Gasteiger partial charge in [0.1, 0.15) is 0 Å². The summed E-state index contributed by atoms with van der Waals surface area (Å²) in [6.07, 6.45) is 0.777. The van der Waals surface area contributed by atoms with Crippen LogP contribution >= 0.6 is 11.6 Å². The van der Waals surface area contributed by atoms with Crippen LogP contribution in [0.3, 0.4) is 0 Å². The zero-order valence-electron chi connectivity index (χ0n) is 15.6. The molecule has 8 heteroatoms. The number of hydrogen-bond acceptors (Lipinski definition) is 4. The van der Waals surface area contributed by atoms with Gasteiger partial charge in [-0.1, -0.05) is 29.8 Å². The van der Waals surface area contributed by atoms with Crippen LogP contribution in [0.1, 0.15) is 15.9 Å². The number of halogens is 1. The third kappa shape index (κ3) is 3.43. The van der Waals surface area contributed by atoms with Crippen molar-refractivity contribution in [2.75, 3.05) is 44.7 Å². The van der Waals surface area contributed by atoms with Gasteiger partial charge in [-0.2, -0.15) is 4.31 Å². The first-order chi connectivity index (χ1) is 13.4. The summed E-state index contributed by atoms with van der Waals surface area (Å²) in [5, 5.41) is 0.256. The van der Waals surface area contributed by atoms with Crippen LogP contribution in [-0.2, 0) is 16.4 Å². The second-order valence-corrected chi connectivity index (χ2v) is 9.53. The lowest BCUT2D eigenvalue weighted by molar-refractivity contribution is 0.0989. The summed E-state index contributed by atoms with van der Waals surface area (Å²) in [4.78, 5) is 17.0. The van der Waals surface area contributed by atoms with E-state index in [1.54, 1.807) is 4.90 Å². The average Bonchev–Trinajstić information content (AvgIpc) is 3.12. The predicted molar refractivity (Wildman–Crippen MR) is 110 cm³/mol. The fourth-order valence-electron chi connectivity index (χ4n) is 3.70. The van der Waals surface area contributed by atoms with Gasteiger partial charge in [0, 0.05) is 38.4 Å². The lowest BCUT2D eigenvalue weighted by Crippen LogP contribution is -2.47. The third-order valence-electron chi connectivity index (χ3n) is 5.40. The van der Waals surface area contributed by atoms with Gasteiger partial charge in [-0.15, -0.1) is 0 Å². The highest BCUT2D eigenvalue weighted by molar-refractivity contribution is 7.89. The summed E-state index contributed by atoms with van der Waals surface area (Å²) >= 11 is 6.29. The van der Waals surface area contributed by atoms with Crippen LogP contribution in [0.4, 0.5) is 5.69 Å². The molecule has 1 amide bonds. The maximum Gasteiger partial charge on any atom is 0.259 e. The molecule has 1 fully saturated rings. The third-order valence-corrected chi connectivity index (χ3v) is 7.62. The van der Waals surface area contributed by atoms with Crippen molar-refractivity contribution < 1.29 is 13.2 Å². The number of anilines is 1. The molecule has 0 bridgehead atoms. The Morgan fingerprint density at radius 3 is 2.46 bits per heavy atom. The Bertz CT molecular complexity index is 1020. The van der Waals surface area contributed by atoms with E-state index in [1.807, 2.05) is 31.3 Å². The van der Waals surface area contributed by atoms with E-state index in [0.717, 1.165) is 17.7 Å². The molecule has 0 radical (unpaired) electrons. The van der Waals surface area contributed by atoms with E-state index in [9.17, 15) is 13.2 Å².